The molecule has 0 amide bonds. The zero-order chi connectivity index (χ0) is 13.4. The molecule has 0 spiro atoms. The second-order valence-corrected chi connectivity index (χ2v) is 5.50. The highest BCUT2D eigenvalue weighted by molar-refractivity contribution is 7.13. The number of rotatable bonds is 2. The number of nitrogens with zero attached hydrogens (tertiary/aromatic N) is 2. The van der Waals surface area contributed by atoms with E-state index < -0.39 is 0 Å². The van der Waals surface area contributed by atoms with E-state index in [2.05, 4.69) is 29.2 Å². The molecule has 98 valence electrons. The lowest BCUT2D eigenvalue weighted by atomic mass is 9.95. The van der Waals surface area contributed by atoms with Gasteiger partial charge in [-0.15, -0.1) is 11.3 Å². The molecule has 4 heteroatoms. The van der Waals surface area contributed by atoms with Crippen molar-refractivity contribution in [1.29, 1.82) is 0 Å². The molecule has 0 bridgehead atoms. The van der Waals surface area contributed by atoms with Crippen LogP contribution in [-0.2, 0) is 6.42 Å². The molecule has 3 aromatic rings. The summed E-state index contributed by atoms with van der Waals surface area (Å²) in [4.78, 5) is 10.3. The Kier molecular flexibility index (Phi) is 2.74. The van der Waals surface area contributed by atoms with Gasteiger partial charge in [-0.3, -0.25) is 4.99 Å². The van der Waals surface area contributed by atoms with Crippen LogP contribution in [0, 0.1) is 0 Å². The minimum atomic E-state index is 0.821. The third-order valence-corrected chi connectivity index (χ3v) is 4.30. The van der Waals surface area contributed by atoms with Crippen LogP contribution in [0.15, 0.2) is 57.6 Å². The Morgan fingerprint density at radius 1 is 1.10 bits per heavy atom. The fraction of sp³-hybridized carbons (Fsp3) is 0.125. The summed E-state index contributed by atoms with van der Waals surface area (Å²) in [5.41, 5.74) is 6.30. The number of hydrogen-bond donors (Lipinski definition) is 0. The Bertz CT molecular complexity index is 771. The van der Waals surface area contributed by atoms with Gasteiger partial charge < -0.3 is 4.42 Å². The molecule has 20 heavy (non-hydrogen) atoms. The average molecular weight is 280 g/mol. The molecule has 1 aliphatic heterocycles. The van der Waals surface area contributed by atoms with Crippen molar-refractivity contribution in [2.75, 3.05) is 6.54 Å². The molecule has 4 rings (SSSR count). The minimum absolute atomic E-state index is 0.821. The Labute approximate surface area is 120 Å². The monoisotopic (exact) mass is 280 g/mol. The second-order valence-electron chi connectivity index (χ2n) is 4.64. The van der Waals surface area contributed by atoms with Crippen LogP contribution in [0.5, 0.6) is 0 Å². The predicted molar refractivity (Wildman–Crippen MR) is 80.5 cm³/mol. The summed E-state index contributed by atoms with van der Waals surface area (Å²) in [6, 6.07) is 12.3. The summed E-state index contributed by atoms with van der Waals surface area (Å²) in [7, 11) is 0. The summed E-state index contributed by atoms with van der Waals surface area (Å²) < 4.78 is 5.51. The minimum Gasteiger partial charge on any atom is -0.463 e. The molecule has 0 saturated carbocycles. The first-order valence-electron chi connectivity index (χ1n) is 6.54. The maximum Gasteiger partial charge on any atom is 0.146 e. The van der Waals surface area contributed by atoms with Crippen molar-refractivity contribution in [1.82, 2.24) is 4.98 Å². The first kappa shape index (κ1) is 11.6. The Morgan fingerprint density at radius 3 is 2.95 bits per heavy atom. The van der Waals surface area contributed by atoms with Crippen LogP contribution >= 0.6 is 11.3 Å². The SMILES string of the molecule is c1coc(-c2scnc2C2=NCCc3ccccc32)c1. The van der Waals surface area contributed by atoms with Gasteiger partial charge >= 0.3 is 0 Å². The fourth-order valence-electron chi connectivity index (χ4n) is 2.54. The molecule has 0 fully saturated rings. The largest absolute Gasteiger partial charge is 0.463 e. The molecule has 0 saturated heterocycles. The number of thiazole rings is 1. The number of furan rings is 1. The Morgan fingerprint density at radius 2 is 2.05 bits per heavy atom. The lowest BCUT2D eigenvalue weighted by Crippen LogP contribution is -2.14. The number of aromatic nitrogens is 1. The van der Waals surface area contributed by atoms with Crippen molar-refractivity contribution in [3.05, 3.63) is 65.0 Å². The number of benzene rings is 1. The highest BCUT2D eigenvalue weighted by Crippen LogP contribution is 2.31. The van der Waals surface area contributed by atoms with Gasteiger partial charge in [0, 0.05) is 12.1 Å². The van der Waals surface area contributed by atoms with E-state index in [1.54, 1.807) is 17.6 Å². The summed E-state index contributed by atoms with van der Waals surface area (Å²) in [6.07, 6.45) is 2.69. The van der Waals surface area contributed by atoms with Crippen LogP contribution in [0.25, 0.3) is 10.6 Å². The quantitative estimate of drug-likeness (QED) is 0.716. The van der Waals surface area contributed by atoms with E-state index in [-0.39, 0.29) is 0 Å². The molecular formula is C16H12N2OS. The van der Waals surface area contributed by atoms with Crippen LogP contribution in [-0.4, -0.2) is 17.2 Å². The lowest BCUT2D eigenvalue weighted by Gasteiger charge is -2.16. The topological polar surface area (TPSA) is 38.4 Å². The summed E-state index contributed by atoms with van der Waals surface area (Å²) in [5, 5.41) is 0. The van der Waals surface area contributed by atoms with Crippen molar-refractivity contribution in [2.24, 2.45) is 4.99 Å². The normalized spacial score (nSPS) is 13.9. The second kappa shape index (κ2) is 4.72. The number of hydrogen-bond acceptors (Lipinski definition) is 4. The predicted octanol–water partition coefficient (Wildman–Crippen LogP) is 3.80. The van der Waals surface area contributed by atoms with Gasteiger partial charge in [-0.05, 0) is 24.1 Å². The third-order valence-electron chi connectivity index (χ3n) is 3.46. The first-order valence-corrected chi connectivity index (χ1v) is 7.42. The van der Waals surface area contributed by atoms with Crippen molar-refractivity contribution >= 4 is 17.0 Å². The van der Waals surface area contributed by atoms with E-state index in [1.165, 1.54) is 11.1 Å². The molecule has 0 atom stereocenters. The van der Waals surface area contributed by atoms with Gasteiger partial charge in [-0.25, -0.2) is 4.98 Å². The zero-order valence-corrected chi connectivity index (χ0v) is 11.6. The Balaban J connectivity index is 1.87. The van der Waals surface area contributed by atoms with Crippen molar-refractivity contribution in [3.63, 3.8) is 0 Å². The smallest absolute Gasteiger partial charge is 0.146 e. The van der Waals surface area contributed by atoms with Crippen LogP contribution in [0.2, 0.25) is 0 Å². The average Bonchev–Trinajstić information content (AvgIpc) is 3.17. The maximum absolute atomic E-state index is 5.51. The highest BCUT2D eigenvalue weighted by atomic mass is 32.1. The molecule has 3 heterocycles. The molecule has 2 aromatic heterocycles. The third kappa shape index (κ3) is 1.80. The van der Waals surface area contributed by atoms with E-state index in [9.17, 15) is 0 Å². The van der Waals surface area contributed by atoms with Gasteiger partial charge in [0.05, 0.1) is 22.4 Å². The maximum atomic E-state index is 5.51. The molecule has 3 nitrogen and oxygen atoms in total. The molecule has 0 unspecified atom stereocenters. The Hall–Kier alpha value is -2.20. The van der Waals surface area contributed by atoms with Gasteiger partial charge in [0.2, 0.25) is 0 Å². The van der Waals surface area contributed by atoms with Gasteiger partial charge in [0.25, 0.3) is 0 Å². The van der Waals surface area contributed by atoms with E-state index in [1.807, 2.05) is 17.6 Å². The van der Waals surface area contributed by atoms with Crippen molar-refractivity contribution < 1.29 is 4.42 Å². The summed E-state index contributed by atoms with van der Waals surface area (Å²) in [6.45, 7) is 0.821. The van der Waals surface area contributed by atoms with Crippen LogP contribution in [0.1, 0.15) is 16.8 Å². The molecular weight excluding hydrogens is 268 g/mol. The molecule has 1 aromatic carbocycles. The van der Waals surface area contributed by atoms with Gasteiger partial charge in [-0.2, -0.15) is 0 Å². The number of fused-ring (bicyclic) bond motifs is 1. The van der Waals surface area contributed by atoms with Gasteiger partial charge in [0.1, 0.15) is 11.5 Å². The van der Waals surface area contributed by atoms with E-state index >= 15 is 0 Å². The summed E-state index contributed by atoms with van der Waals surface area (Å²) >= 11 is 1.59. The molecule has 0 aliphatic carbocycles. The first-order chi connectivity index (χ1) is 9.93. The van der Waals surface area contributed by atoms with E-state index in [0.717, 1.165) is 35.0 Å². The van der Waals surface area contributed by atoms with Crippen molar-refractivity contribution in [2.45, 2.75) is 6.42 Å². The van der Waals surface area contributed by atoms with E-state index in [0.29, 0.717) is 0 Å². The zero-order valence-electron chi connectivity index (χ0n) is 10.7. The molecule has 0 radical (unpaired) electrons. The fourth-order valence-corrected chi connectivity index (χ4v) is 3.30. The molecule has 0 N–H and O–H groups in total. The number of aliphatic imine (C=N–C) groups is 1. The van der Waals surface area contributed by atoms with Gasteiger partial charge in [0.15, 0.2) is 0 Å². The van der Waals surface area contributed by atoms with E-state index in [4.69, 9.17) is 9.41 Å². The van der Waals surface area contributed by atoms with Crippen LogP contribution < -0.4 is 0 Å². The van der Waals surface area contributed by atoms with Crippen molar-refractivity contribution in [3.8, 4) is 10.6 Å². The summed E-state index contributed by atoms with van der Waals surface area (Å²) in [5.74, 6) is 0.855. The van der Waals surface area contributed by atoms with Gasteiger partial charge in [-0.1, -0.05) is 24.3 Å². The highest BCUT2D eigenvalue weighted by Gasteiger charge is 2.21. The standard InChI is InChI=1S/C16H12N2OS/c1-2-5-12-11(4-1)7-8-17-14(12)15-16(20-10-18-15)13-6-3-9-19-13/h1-6,9-10H,7-8H2. The van der Waals surface area contributed by atoms with Crippen LogP contribution in [0.3, 0.4) is 0 Å². The lowest BCUT2D eigenvalue weighted by molar-refractivity contribution is 0.583. The van der Waals surface area contributed by atoms with Crippen LogP contribution in [0.4, 0.5) is 0 Å². The molecule has 1 aliphatic rings.